The van der Waals surface area contributed by atoms with E-state index >= 15 is 0 Å². The van der Waals surface area contributed by atoms with Gasteiger partial charge in [-0.05, 0) is 43.0 Å². The van der Waals surface area contributed by atoms with Gasteiger partial charge in [0, 0.05) is 6.20 Å². The number of halogens is 2. The van der Waals surface area contributed by atoms with E-state index in [1.165, 1.54) is 16.7 Å². The molecule has 1 aromatic carbocycles. The van der Waals surface area contributed by atoms with E-state index in [0.717, 1.165) is 12.8 Å². The molecule has 5 nitrogen and oxygen atoms in total. The fourth-order valence-corrected chi connectivity index (χ4v) is 3.09. The molecular weight excluding hydrogens is 331 g/mol. The number of aromatic nitrogens is 3. The normalized spacial score (nSPS) is 15.6. The third kappa shape index (κ3) is 2.39. The zero-order valence-electron chi connectivity index (χ0n) is 12.6. The topological polar surface area (TPSA) is 73.8 Å². The van der Waals surface area contributed by atoms with Gasteiger partial charge in [0.25, 0.3) is 5.56 Å². The molecule has 0 spiro atoms. The molecule has 0 saturated heterocycles. The molecule has 2 heterocycles. The Labute approximate surface area is 141 Å². The minimum atomic E-state index is -0.589. The van der Waals surface area contributed by atoms with Gasteiger partial charge in [-0.3, -0.25) is 14.3 Å². The SMILES string of the molecule is N[C@H](c1nc2c(F)ccc(Cl)c2c(=O)n1-c1cccnc1)C1CC1. The molecule has 7 heteroatoms. The fourth-order valence-electron chi connectivity index (χ4n) is 2.86. The molecule has 4 rings (SSSR count). The average Bonchev–Trinajstić information content (AvgIpc) is 3.43. The Morgan fingerprint density at radius 1 is 1.33 bits per heavy atom. The molecule has 0 amide bonds. The van der Waals surface area contributed by atoms with Gasteiger partial charge in [0.05, 0.1) is 28.3 Å². The quantitative estimate of drug-likeness (QED) is 0.792. The molecule has 0 radical (unpaired) electrons. The van der Waals surface area contributed by atoms with Crippen LogP contribution in [-0.2, 0) is 0 Å². The van der Waals surface area contributed by atoms with Crippen LogP contribution in [0, 0.1) is 11.7 Å². The van der Waals surface area contributed by atoms with Crippen LogP contribution < -0.4 is 11.3 Å². The van der Waals surface area contributed by atoms with Crippen molar-refractivity contribution in [3.8, 4) is 5.69 Å². The lowest BCUT2D eigenvalue weighted by atomic mass is 10.1. The highest BCUT2D eigenvalue weighted by Gasteiger charge is 2.33. The molecule has 0 aliphatic heterocycles. The maximum absolute atomic E-state index is 14.2. The van der Waals surface area contributed by atoms with Gasteiger partial charge in [0.2, 0.25) is 0 Å². The molecule has 1 aliphatic rings. The Morgan fingerprint density at radius 2 is 2.12 bits per heavy atom. The van der Waals surface area contributed by atoms with E-state index in [9.17, 15) is 9.18 Å². The lowest BCUT2D eigenvalue weighted by molar-refractivity contribution is 0.569. The number of hydrogen-bond donors (Lipinski definition) is 1. The smallest absolute Gasteiger partial charge is 0.267 e. The third-order valence-electron chi connectivity index (χ3n) is 4.28. The first-order valence-electron chi connectivity index (χ1n) is 7.64. The summed E-state index contributed by atoms with van der Waals surface area (Å²) in [6.45, 7) is 0. The minimum Gasteiger partial charge on any atom is -0.321 e. The molecule has 1 atom stereocenters. The van der Waals surface area contributed by atoms with Crippen molar-refractivity contribution < 1.29 is 4.39 Å². The van der Waals surface area contributed by atoms with Crippen molar-refractivity contribution in [3.63, 3.8) is 0 Å². The predicted octanol–water partition coefficient (Wildman–Crippen LogP) is 2.98. The van der Waals surface area contributed by atoms with Crippen LogP contribution >= 0.6 is 11.6 Å². The summed E-state index contributed by atoms with van der Waals surface area (Å²) in [6.07, 6.45) is 5.10. The minimum absolute atomic E-state index is 0.0428. The van der Waals surface area contributed by atoms with E-state index in [0.29, 0.717) is 11.5 Å². The highest BCUT2D eigenvalue weighted by molar-refractivity contribution is 6.35. The second kappa shape index (κ2) is 5.65. The monoisotopic (exact) mass is 344 g/mol. The second-order valence-electron chi connectivity index (χ2n) is 5.94. The summed E-state index contributed by atoms with van der Waals surface area (Å²) < 4.78 is 15.6. The standard InChI is InChI=1S/C17H14ClFN4O/c18-11-5-6-12(19)15-13(11)17(24)23(10-2-1-7-21-8-10)16(22-15)14(20)9-3-4-9/h1-2,5-9,14H,3-4,20H2/t14-/m0/s1. The van der Waals surface area contributed by atoms with E-state index < -0.39 is 17.4 Å². The number of fused-ring (bicyclic) bond motifs is 1. The molecule has 0 bridgehead atoms. The Bertz CT molecular complexity index is 985. The molecule has 1 saturated carbocycles. The van der Waals surface area contributed by atoms with Crippen LogP contribution in [0.15, 0.2) is 41.5 Å². The largest absolute Gasteiger partial charge is 0.321 e. The third-order valence-corrected chi connectivity index (χ3v) is 4.60. The molecule has 2 aromatic heterocycles. The zero-order valence-corrected chi connectivity index (χ0v) is 13.4. The fraction of sp³-hybridized carbons (Fsp3) is 0.235. The average molecular weight is 345 g/mol. The van der Waals surface area contributed by atoms with Gasteiger partial charge >= 0.3 is 0 Å². The lowest BCUT2D eigenvalue weighted by Gasteiger charge is -2.18. The molecule has 3 aromatic rings. The van der Waals surface area contributed by atoms with Crippen molar-refractivity contribution in [1.29, 1.82) is 0 Å². The summed E-state index contributed by atoms with van der Waals surface area (Å²) in [5.41, 5.74) is 6.34. The van der Waals surface area contributed by atoms with Crippen molar-refractivity contribution in [3.05, 3.63) is 63.7 Å². The second-order valence-corrected chi connectivity index (χ2v) is 6.35. The number of pyridine rings is 1. The maximum atomic E-state index is 14.2. The van der Waals surface area contributed by atoms with E-state index in [4.69, 9.17) is 17.3 Å². The summed E-state index contributed by atoms with van der Waals surface area (Å²) >= 11 is 6.13. The van der Waals surface area contributed by atoms with Crippen LogP contribution in [-0.4, -0.2) is 14.5 Å². The first-order valence-corrected chi connectivity index (χ1v) is 8.02. The van der Waals surface area contributed by atoms with Gasteiger partial charge in [0.15, 0.2) is 0 Å². The summed E-state index contributed by atoms with van der Waals surface area (Å²) in [6, 6.07) is 5.57. The highest BCUT2D eigenvalue weighted by Crippen LogP contribution is 2.39. The van der Waals surface area contributed by atoms with E-state index in [-0.39, 0.29) is 21.8 Å². The van der Waals surface area contributed by atoms with Gasteiger partial charge in [-0.2, -0.15) is 0 Å². The van der Waals surface area contributed by atoms with Crippen LogP contribution in [0.2, 0.25) is 5.02 Å². The molecule has 24 heavy (non-hydrogen) atoms. The molecule has 1 aliphatic carbocycles. The van der Waals surface area contributed by atoms with Gasteiger partial charge in [0.1, 0.15) is 17.2 Å². The Morgan fingerprint density at radius 3 is 2.79 bits per heavy atom. The summed E-state index contributed by atoms with van der Waals surface area (Å²) in [7, 11) is 0. The van der Waals surface area contributed by atoms with Gasteiger partial charge in [-0.1, -0.05) is 11.6 Å². The number of rotatable bonds is 3. The van der Waals surface area contributed by atoms with Gasteiger partial charge in [-0.25, -0.2) is 9.37 Å². The lowest BCUT2D eigenvalue weighted by Crippen LogP contribution is -2.30. The first-order chi connectivity index (χ1) is 11.6. The van der Waals surface area contributed by atoms with Crippen molar-refractivity contribution >= 4 is 22.5 Å². The Kier molecular flexibility index (Phi) is 3.58. The summed E-state index contributed by atoms with van der Waals surface area (Å²) in [5, 5.41) is 0.209. The number of nitrogens with zero attached hydrogens (tertiary/aromatic N) is 3. The van der Waals surface area contributed by atoms with E-state index in [1.54, 1.807) is 24.5 Å². The predicted molar refractivity (Wildman–Crippen MR) is 89.8 cm³/mol. The number of hydrogen-bond acceptors (Lipinski definition) is 4. The van der Waals surface area contributed by atoms with Crippen LogP contribution in [0.1, 0.15) is 24.7 Å². The summed E-state index contributed by atoms with van der Waals surface area (Å²) in [4.78, 5) is 21.5. The highest BCUT2D eigenvalue weighted by atomic mass is 35.5. The Balaban J connectivity index is 2.11. The van der Waals surface area contributed by atoms with E-state index in [1.807, 2.05) is 0 Å². The van der Waals surface area contributed by atoms with Crippen molar-refractivity contribution in [2.75, 3.05) is 0 Å². The van der Waals surface area contributed by atoms with Crippen molar-refractivity contribution in [2.45, 2.75) is 18.9 Å². The van der Waals surface area contributed by atoms with Crippen molar-refractivity contribution in [2.24, 2.45) is 11.7 Å². The number of benzene rings is 1. The van der Waals surface area contributed by atoms with Gasteiger partial charge < -0.3 is 5.73 Å². The maximum Gasteiger partial charge on any atom is 0.267 e. The molecule has 2 N–H and O–H groups in total. The van der Waals surface area contributed by atoms with Gasteiger partial charge in [-0.15, -0.1) is 0 Å². The van der Waals surface area contributed by atoms with Crippen molar-refractivity contribution in [1.82, 2.24) is 14.5 Å². The first kappa shape index (κ1) is 15.2. The van der Waals surface area contributed by atoms with Crippen LogP contribution in [0.4, 0.5) is 4.39 Å². The molecule has 122 valence electrons. The van der Waals surface area contributed by atoms with Crippen LogP contribution in [0.25, 0.3) is 16.6 Å². The molecular formula is C17H14ClFN4O. The molecule has 0 unspecified atom stereocenters. The Hall–Kier alpha value is -2.31. The zero-order chi connectivity index (χ0) is 16.8. The van der Waals surface area contributed by atoms with Crippen LogP contribution in [0.3, 0.4) is 0 Å². The van der Waals surface area contributed by atoms with Crippen LogP contribution in [0.5, 0.6) is 0 Å². The number of nitrogens with two attached hydrogens (primary N) is 1. The summed E-state index contributed by atoms with van der Waals surface area (Å²) in [5.74, 6) is -0.00207. The molecule has 1 fully saturated rings. The van der Waals surface area contributed by atoms with E-state index in [2.05, 4.69) is 9.97 Å².